The maximum atomic E-state index is 14.4. The first-order valence-corrected chi connectivity index (χ1v) is 18.4. The van der Waals surface area contributed by atoms with Gasteiger partial charge in [0.25, 0.3) is 0 Å². The maximum absolute atomic E-state index is 14.4. The Morgan fingerprint density at radius 2 is 0.730 bits per heavy atom. The molecule has 6 nitrogen and oxygen atoms in total. The zero-order chi connectivity index (χ0) is 30.3. The summed E-state index contributed by atoms with van der Waals surface area (Å²) in [4.78, 5) is 0. The topological polar surface area (TPSA) is 78.9 Å². The van der Waals surface area contributed by atoms with Crippen LogP contribution in [0, 0.1) is 0 Å². The molecule has 0 saturated heterocycles. The van der Waals surface area contributed by atoms with Crippen molar-refractivity contribution in [2.45, 2.75) is 168 Å². The molecule has 0 spiro atoms. The molecule has 37 heavy (non-hydrogen) atoms. The van der Waals surface area contributed by atoms with Gasteiger partial charge < -0.3 is 13.6 Å². The molecular weight excluding hydrogens is 525 g/mol. The minimum atomic E-state index is -3.25. The van der Waals surface area contributed by atoms with Gasteiger partial charge in [0.15, 0.2) is 0 Å². The number of hydrogen-bond donors (Lipinski definition) is 0. The molecule has 0 radical (unpaired) electrons. The van der Waals surface area contributed by atoms with Gasteiger partial charge in [-0.2, -0.15) is 0 Å². The van der Waals surface area contributed by atoms with Crippen molar-refractivity contribution < 1.29 is 27.3 Å². The van der Waals surface area contributed by atoms with Crippen LogP contribution in [0.4, 0.5) is 0 Å². The first-order chi connectivity index (χ1) is 15.8. The van der Waals surface area contributed by atoms with E-state index in [-0.39, 0.29) is 13.2 Å². The van der Waals surface area contributed by atoms with Gasteiger partial charge in [-0.1, -0.05) is 125 Å². The summed E-state index contributed by atoms with van der Waals surface area (Å²) < 4.78 is 61.7. The monoisotopic (exact) mass is 586 g/mol. The van der Waals surface area contributed by atoms with Gasteiger partial charge in [-0.3, -0.25) is 13.7 Å². The lowest BCUT2D eigenvalue weighted by Gasteiger charge is -2.44. The van der Waals surface area contributed by atoms with Crippen LogP contribution in [-0.4, -0.2) is 50.3 Å². The van der Waals surface area contributed by atoms with E-state index in [0.717, 1.165) is 0 Å². The molecule has 0 aliphatic rings. The normalized spacial score (nSPS) is 16.7. The molecule has 0 aliphatic carbocycles. The van der Waals surface area contributed by atoms with Crippen LogP contribution in [0.2, 0.25) is 0 Å². The average molecular weight is 587 g/mol. The van der Waals surface area contributed by atoms with Gasteiger partial charge in [-0.05, 0) is 0 Å². The van der Waals surface area contributed by atoms with E-state index in [1.807, 2.05) is 125 Å². The molecule has 1 unspecified atom stereocenters. The maximum Gasteiger partial charge on any atom is 0.213 e. The molecule has 0 amide bonds. The Hall–Kier alpha value is 0.570. The Morgan fingerprint density at radius 1 is 0.459 bits per heavy atom. The summed E-state index contributed by atoms with van der Waals surface area (Å²) in [6.07, 6.45) is -0.323. The molecule has 0 bridgehead atoms. The van der Waals surface area contributed by atoms with Crippen LogP contribution in [0.3, 0.4) is 0 Å². The largest absolute Gasteiger partial charge is 0.328 e. The SMILES string of the molecule is CC(C)(C)P(=O)(OCCC(COP(=O)(C(C)(C)C)C(C)(C)C)OP(=O)(C(C)(C)C)C(C)(C)C)C(C)(C)C. The third kappa shape index (κ3) is 8.30. The molecule has 224 valence electrons. The van der Waals surface area contributed by atoms with Crippen LogP contribution in [0.25, 0.3) is 0 Å². The zero-order valence-electron chi connectivity index (χ0n) is 27.5. The van der Waals surface area contributed by atoms with E-state index >= 15 is 0 Å². The molecule has 0 heterocycles. The molecule has 0 aliphatic heterocycles. The van der Waals surface area contributed by atoms with E-state index in [0.29, 0.717) is 6.42 Å². The highest BCUT2D eigenvalue weighted by Crippen LogP contribution is 2.71. The third-order valence-electron chi connectivity index (χ3n) is 6.75. The Morgan fingerprint density at radius 3 is 1.00 bits per heavy atom. The van der Waals surface area contributed by atoms with Gasteiger partial charge in [0, 0.05) is 37.4 Å². The fourth-order valence-electron chi connectivity index (χ4n) is 4.99. The lowest BCUT2D eigenvalue weighted by Crippen LogP contribution is -2.36. The van der Waals surface area contributed by atoms with Crippen molar-refractivity contribution in [1.29, 1.82) is 0 Å². The molecule has 0 fully saturated rings. The summed E-state index contributed by atoms with van der Waals surface area (Å²) in [5.74, 6) is 0. The van der Waals surface area contributed by atoms with Crippen molar-refractivity contribution >= 4 is 22.1 Å². The highest BCUT2D eigenvalue weighted by atomic mass is 31.2. The first kappa shape index (κ1) is 37.6. The van der Waals surface area contributed by atoms with E-state index in [2.05, 4.69) is 0 Å². The Balaban J connectivity index is 6.38. The van der Waals surface area contributed by atoms with E-state index in [1.54, 1.807) is 0 Å². The van der Waals surface area contributed by atoms with Crippen LogP contribution < -0.4 is 0 Å². The highest BCUT2D eigenvalue weighted by Gasteiger charge is 2.52. The minimum Gasteiger partial charge on any atom is -0.328 e. The second-order valence-corrected chi connectivity index (χ2v) is 28.4. The van der Waals surface area contributed by atoms with Crippen molar-refractivity contribution in [2.75, 3.05) is 13.2 Å². The van der Waals surface area contributed by atoms with Crippen LogP contribution >= 0.6 is 22.1 Å². The molecule has 0 aromatic heterocycles. The van der Waals surface area contributed by atoms with E-state index in [1.165, 1.54) is 0 Å². The van der Waals surface area contributed by atoms with E-state index in [4.69, 9.17) is 13.6 Å². The molecule has 0 rings (SSSR count). The second kappa shape index (κ2) is 11.4. The standard InChI is InChI=1S/C28H61O6P3/c1-23(2,3)35(29,24(4,5)6)32-20-19-22(34-37(31,27(13,14)15)28(16,17)18)21-33-36(30,25(7,8)9)26(10,11)12/h22H,19-21H2,1-18H3. The quantitative estimate of drug-likeness (QED) is 0.250. The van der Waals surface area contributed by atoms with Gasteiger partial charge in [0.05, 0.1) is 19.3 Å². The average Bonchev–Trinajstić information content (AvgIpc) is 2.59. The summed E-state index contributed by atoms with van der Waals surface area (Å²) in [6, 6.07) is 0. The fourth-order valence-corrected chi connectivity index (χ4v) is 14.5. The predicted octanol–water partition coefficient (Wildman–Crippen LogP) is 10.4. The van der Waals surface area contributed by atoms with E-state index in [9.17, 15) is 13.7 Å². The molecule has 0 saturated carbocycles. The van der Waals surface area contributed by atoms with Crippen LogP contribution in [0.5, 0.6) is 0 Å². The smallest absolute Gasteiger partial charge is 0.213 e. The number of rotatable bonds is 9. The molecule has 0 aromatic rings. The predicted molar refractivity (Wildman–Crippen MR) is 163 cm³/mol. The van der Waals surface area contributed by atoms with Crippen molar-refractivity contribution in [2.24, 2.45) is 0 Å². The molecule has 0 aromatic carbocycles. The number of hydrogen-bond acceptors (Lipinski definition) is 6. The summed E-state index contributed by atoms with van der Waals surface area (Å²) in [7, 11) is -9.50. The van der Waals surface area contributed by atoms with Crippen molar-refractivity contribution in [3.63, 3.8) is 0 Å². The second-order valence-electron chi connectivity index (χ2n) is 16.3. The lowest BCUT2D eigenvalue weighted by atomic mass is 10.2. The molecule has 9 heteroatoms. The van der Waals surface area contributed by atoms with E-state index < -0.39 is 59.1 Å². The summed E-state index contributed by atoms with van der Waals surface area (Å²) in [5, 5.41) is -3.49. The molecule has 1 atom stereocenters. The Kier molecular flexibility index (Phi) is 11.6. The van der Waals surface area contributed by atoms with Crippen LogP contribution in [0.1, 0.15) is 131 Å². The van der Waals surface area contributed by atoms with Crippen molar-refractivity contribution in [1.82, 2.24) is 0 Å². The minimum absolute atomic E-state index is 0.0145. The zero-order valence-corrected chi connectivity index (χ0v) is 30.2. The summed E-state index contributed by atoms with van der Waals surface area (Å²) >= 11 is 0. The van der Waals surface area contributed by atoms with Gasteiger partial charge in [0.2, 0.25) is 22.1 Å². The summed E-state index contributed by atoms with van der Waals surface area (Å²) in [6.45, 7) is 34.9. The first-order valence-electron chi connectivity index (χ1n) is 13.6. The Labute approximate surface area is 230 Å². The Bertz CT molecular complexity index is 843. The highest BCUT2D eigenvalue weighted by molar-refractivity contribution is 7.63. The van der Waals surface area contributed by atoms with Crippen molar-refractivity contribution in [3.05, 3.63) is 0 Å². The lowest BCUT2D eigenvalue weighted by molar-refractivity contribution is 0.0965. The van der Waals surface area contributed by atoms with Gasteiger partial charge in [-0.15, -0.1) is 0 Å². The van der Waals surface area contributed by atoms with Crippen LogP contribution in [0.15, 0.2) is 0 Å². The molecule has 0 N–H and O–H groups in total. The van der Waals surface area contributed by atoms with Crippen LogP contribution in [-0.2, 0) is 27.3 Å². The summed E-state index contributed by atoms with van der Waals surface area (Å²) in [5.41, 5.74) is 0. The molecular formula is C28H61O6P3. The van der Waals surface area contributed by atoms with Gasteiger partial charge in [0.1, 0.15) is 0 Å². The van der Waals surface area contributed by atoms with Crippen molar-refractivity contribution in [3.8, 4) is 0 Å². The third-order valence-corrected chi connectivity index (χ3v) is 19.0. The van der Waals surface area contributed by atoms with Gasteiger partial charge in [-0.25, -0.2) is 0 Å². The van der Waals surface area contributed by atoms with Gasteiger partial charge >= 0.3 is 0 Å². The fraction of sp³-hybridized carbons (Fsp3) is 1.00.